The minimum absolute atomic E-state index is 0.0744. The van der Waals surface area contributed by atoms with Crippen molar-refractivity contribution in [2.24, 2.45) is 0 Å². The van der Waals surface area contributed by atoms with Crippen LogP contribution < -0.4 is 10.6 Å². The highest BCUT2D eigenvalue weighted by molar-refractivity contribution is 7.80. The van der Waals surface area contributed by atoms with Gasteiger partial charge in [-0.25, -0.2) is 0 Å². The van der Waals surface area contributed by atoms with E-state index in [1.165, 1.54) is 6.07 Å². The van der Waals surface area contributed by atoms with Gasteiger partial charge in [0.05, 0.1) is 17.6 Å². The van der Waals surface area contributed by atoms with Crippen molar-refractivity contribution in [2.45, 2.75) is 69.9 Å². The van der Waals surface area contributed by atoms with Gasteiger partial charge in [-0.05, 0) is 46.0 Å². The predicted octanol–water partition coefficient (Wildman–Crippen LogP) is 2.28. The van der Waals surface area contributed by atoms with Crippen molar-refractivity contribution in [1.29, 1.82) is 0 Å². The lowest BCUT2D eigenvalue weighted by atomic mass is 10.0. The largest absolute Gasteiger partial charge is 0.354 e. The molecular formula is C19H25N3O7S. The lowest BCUT2D eigenvalue weighted by molar-refractivity contribution is -0.383. The summed E-state index contributed by atoms with van der Waals surface area (Å²) in [5, 5.41) is 17.6. The molecule has 0 bridgehead atoms. The summed E-state index contributed by atoms with van der Waals surface area (Å²) >= 11 is 5.44. The van der Waals surface area contributed by atoms with Gasteiger partial charge >= 0.3 is 0 Å². The van der Waals surface area contributed by atoms with Crippen molar-refractivity contribution in [3.8, 4) is 0 Å². The molecule has 3 heterocycles. The maximum Gasteiger partial charge on any atom is 0.292 e. The van der Waals surface area contributed by atoms with Gasteiger partial charge in [0.1, 0.15) is 24.0 Å². The molecule has 0 unspecified atom stereocenters. The van der Waals surface area contributed by atoms with Crippen molar-refractivity contribution in [2.75, 3.05) is 11.9 Å². The Hall–Kier alpha value is -1.89. The quantitative estimate of drug-likeness (QED) is 0.411. The first kappa shape index (κ1) is 21.3. The molecule has 0 spiro atoms. The van der Waals surface area contributed by atoms with Crippen LogP contribution in [0.3, 0.4) is 0 Å². The van der Waals surface area contributed by atoms with Crippen LogP contribution >= 0.6 is 12.2 Å². The summed E-state index contributed by atoms with van der Waals surface area (Å²) < 4.78 is 29.7. The number of fused-ring (bicyclic) bond motifs is 1. The van der Waals surface area contributed by atoms with Gasteiger partial charge in [0.15, 0.2) is 23.0 Å². The number of benzene rings is 1. The number of ether oxygens (including phenoxy) is 5. The van der Waals surface area contributed by atoms with Crippen LogP contribution in [0.1, 0.15) is 27.7 Å². The molecule has 11 heteroatoms. The Balaban J connectivity index is 1.51. The third kappa shape index (κ3) is 4.27. The van der Waals surface area contributed by atoms with E-state index in [1.807, 2.05) is 27.7 Å². The first-order valence-corrected chi connectivity index (χ1v) is 10.1. The molecule has 3 saturated heterocycles. The van der Waals surface area contributed by atoms with Crippen molar-refractivity contribution in [3.05, 3.63) is 34.4 Å². The first-order valence-electron chi connectivity index (χ1n) is 9.68. The van der Waals surface area contributed by atoms with Crippen LogP contribution in [0.2, 0.25) is 0 Å². The second kappa shape index (κ2) is 7.66. The number of hydrogen-bond acceptors (Lipinski definition) is 8. The molecule has 0 aromatic heterocycles. The number of nitro benzene ring substituents is 1. The highest BCUT2D eigenvalue weighted by Gasteiger charge is 2.58. The van der Waals surface area contributed by atoms with E-state index in [2.05, 4.69) is 10.6 Å². The summed E-state index contributed by atoms with van der Waals surface area (Å²) in [5.74, 6) is -1.53. The molecule has 3 fully saturated rings. The lowest BCUT2D eigenvalue weighted by Crippen LogP contribution is -2.53. The fourth-order valence-corrected chi connectivity index (χ4v) is 4.19. The average Bonchev–Trinajstić information content (AvgIpc) is 3.25. The third-order valence-corrected chi connectivity index (χ3v) is 5.35. The van der Waals surface area contributed by atoms with Crippen molar-refractivity contribution >= 4 is 28.7 Å². The molecule has 3 aliphatic rings. The van der Waals surface area contributed by atoms with Gasteiger partial charge in [0, 0.05) is 6.07 Å². The zero-order chi connectivity index (χ0) is 21.7. The summed E-state index contributed by atoms with van der Waals surface area (Å²) in [5.41, 5.74) is 0.215. The molecule has 0 aliphatic carbocycles. The molecule has 0 radical (unpaired) electrons. The van der Waals surface area contributed by atoms with E-state index < -0.39 is 41.0 Å². The second-order valence-corrected chi connectivity index (χ2v) is 8.74. The van der Waals surface area contributed by atoms with E-state index in [1.54, 1.807) is 18.2 Å². The van der Waals surface area contributed by atoms with Crippen molar-refractivity contribution < 1.29 is 28.6 Å². The molecular weight excluding hydrogens is 414 g/mol. The zero-order valence-electron chi connectivity index (χ0n) is 17.1. The van der Waals surface area contributed by atoms with Crippen LogP contribution in [-0.4, -0.2) is 58.9 Å². The van der Waals surface area contributed by atoms with Crippen LogP contribution in [0.5, 0.6) is 0 Å². The van der Waals surface area contributed by atoms with E-state index in [0.717, 1.165) is 0 Å². The van der Waals surface area contributed by atoms with Crippen LogP contribution in [-0.2, 0) is 23.7 Å². The maximum atomic E-state index is 11.3. The van der Waals surface area contributed by atoms with Gasteiger partial charge in [-0.1, -0.05) is 12.1 Å². The first-order chi connectivity index (χ1) is 14.0. The summed E-state index contributed by atoms with van der Waals surface area (Å²) in [7, 11) is 0. The average molecular weight is 439 g/mol. The Kier molecular flexibility index (Phi) is 5.45. The maximum absolute atomic E-state index is 11.3. The molecule has 30 heavy (non-hydrogen) atoms. The van der Waals surface area contributed by atoms with Gasteiger partial charge in [-0.3, -0.25) is 10.1 Å². The van der Waals surface area contributed by atoms with E-state index in [-0.39, 0.29) is 22.6 Å². The molecule has 10 nitrogen and oxygen atoms in total. The summed E-state index contributed by atoms with van der Waals surface area (Å²) in [6.07, 6.45) is -1.85. The minimum atomic E-state index is -0.806. The Morgan fingerprint density at radius 1 is 1.13 bits per heavy atom. The van der Waals surface area contributed by atoms with E-state index in [0.29, 0.717) is 6.61 Å². The standard InChI is InChI=1S/C19H25N3O7S/c1-18(2)25-9-12(27-18)14-13(15-16(26-14)29-19(3,4)28-15)21-17(30)20-10-7-5-6-8-11(10)22(23)24/h5-8,12-16H,9H2,1-4H3,(H2,20,21,30)/t12-,13+,14-,15-,16-/m1/s1. The molecule has 0 amide bonds. The van der Waals surface area contributed by atoms with Crippen molar-refractivity contribution in [1.82, 2.24) is 5.32 Å². The van der Waals surface area contributed by atoms with Gasteiger partial charge in [-0.2, -0.15) is 0 Å². The van der Waals surface area contributed by atoms with Gasteiger partial charge in [0.25, 0.3) is 5.69 Å². The molecule has 0 saturated carbocycles. The Morgan fingerprint density at radius 2 is 1.87 bits per heavy atom. The molecule has 1 aromatic rings. The van der Waals surface area contributed by atoms with E-state index >= 15 is 0 Å². The summed E-state index contributed by atoms with van der Waals surface area (Å²) in [6, 6.07) is 5.87. The number of rotatable bonds is 4. The molecule has 4 rings (SSSR count). The fourth-order valence-electron chi connectivity index (χ4n) is 3.94. The van der Waals surface area contributed by atoms with E-state index in [9.17, 15) is 10.1 Å². The van der Waals surface area contributed by atoms with E-state index in [4.69, 9.17) is 35.9 Å². The van der Waals surface area contributed by atoms with Crippen LogP contribution in [0.15, 0.2) is 24.3 Å². The highest BCUT2D eigenvalue weighted by Crippen LogP contribution is 2.40. The number of thiocarbonyl (C=S) groups is 1. The molecule has 164 valence electrons. The van der Waals surface area contributed by atoms with Crippen LogP contribution in [0.25, 0.3) is 0 Å². The van der Waals surface area contributed by atoms with Gasteiger partial charge in [-0.15, -0.1) is 0 Å². The second-order valence-electron chi connectivity index (χ2n) is 8.33. The topological polar surface area (TPSA) is 113 Å². The molecule has 2 N–H and O–H groups in total. The molecule has 1 aromatic carbocycles. The Bertz CT molecular complexity index is 849. The molecule has 5 atom stereocenters. The Labute approximate surface area is 179 Å². The number of hydrogen-bond donors (Lipinski definition) is 2. The fraction of sp³-hybridized carbons (Fsp3) is 0.632. The number of nitrogens with zero attached hydrogens (tertiary/aromatic N) is 1. The summed E-state index contributed by atoms with van der Waals surface area (Å²) in [4.78, 5) is 10.8. The number of nitro groups is 1. The van der Waals surface area contributed by atoms with Crippen LogP contribution in [0.4, 0.5) is 11.4 Å². The minimum Gasteiger partial charge on any atom is -0.354 e. The van der Waals surface area contributed by atoms with Gasteiger partial charge < -0.3 is 34.3 Å². The zero-order valence-corrected chi connectivity index (χ0v) is 17.9. The summed E-state index contributed by atoms with van der Waals surface area (Å²) in [6.45, 7) is 7.64. The normalized spacial score (nSPS) is 33.8. The number of para-hydroxylation sites is 2. The predicted molar refractivity (Wildman–Crippen MR) is 110 cm³/mol. The SMILES string of the molecule is CC1(C)O[C@H]2O[C@H]([C@H]3COC(C)(C)O3)[C@H](NC(=S)Nc3ccccc3[N+](=O)[O-])[C@H]2O1. The highest BCUT2D eigenvalue weighted by atomic mass is 32.1. The Morgan fingerprint density at radius 3 is 2.53 bits per heavy atom. The smallest absolute Gasteiger partial charge is 0.292 e. The lowest BCUT2D eigenvalue weighted by Gasteiger charge is -2.30. The van der Waals surface area contributed by atoms with Crippen LogP contribution in [0, 0.1) is 10.1 Å². The number of anilines is 1. The monoisotopic (exact) mass is 439 g/mol. The third-order valence-electron chi connectivity index (χ3n) is 5.13. The van der Waals surface area contributed by atoms with Crippen molar-refractivity contribution in [3.63, 3.8) is 0 Å². The molecule has 3 aliphatic heterocycles. The number of nitrogens with one attached hydrogen (secondary N) is 2. The van der Waals surface area contributed by atoms with Gasteiger partial charge in [0.2, 0.25) is 0 Å².